The summed E-state index contributed by atoms with van der Waals surface area (Å²) in [6, 6.07) is 4.21. The second-order valence-electron chi connectivity index (χ2n) is 6.11. The highest BCUT2D eigenvalue weighted by Gasteiger charge is 2.31. The molecule has 0 spiro atoms. The zero-order valence-corrected chi connectivity index (χ0v) is 12.1. The monoisotopic (exact) mass is 261 g/mol. The predicted octanol–water partition coefficient (Wildman–Crippen LogP) is 2.47. The Morgan fingerprint density at radius 1 is 1.21 bits per heavy atom. The van der Waals surface area contributed by atoms with Crippen molar-refractivity contribution in [3.8, 4) is 0 Å². The van der Waals surface area contributed by atoms with Gasteiger partial charge in [-0.25, -0.2) is 0 Å². The smallest absolute Gasteiger partial charge is 0.0270 e. The van der Waals surface area contributed by atoms with Gasteiger partial charge >= 0.3 is 0 Å². The molecule has 2 N–H and O–H groups in total. The molecule has 0 saturated heterocycles. The summed E-state index contributed by atoms with van der Waals surface area (Å²) in [4.78, 5) is 6.52. The molecule has 1 heterocycles. The normalized spacial score (nSPS) is 18.7. The SMILES string of the molecule is CN(CCc1ccncc1)CC1(CN)CCCCC1. The second-order valence-corrected chi connectivity index (χ2v) is 6.11. The van der Waals surface area contributed by atoms with Gasteiger partial charge in [-0.1, -0.05) is 19.3 Å². The Morgan fingerprint density at radius 2 is 1.89 bits per heavy atom. The fraction of sp³-hybridized carbons (Fsp3) is 0.688. The average molecular weight is 261 g/mol. The molecule has 1 aromatic rings. The van der Waals surface area contributed by atoms with Crippen molar-refractivity contribution in [2.24, 2.45) is 11.1 Å². The first-order chi connectivity index (χ1) is 9.24. The van der Waals surface area contributed by atoms with E-state index in [1.807, 2.05) is 12.4 Å². The summed E-state index contributed by atoms with van der Waals surface area (Å²) in [5.74, 6) is 0. The first kappa shape index (κ1) is 14.5. The van der Waals surface area contributed by atoms with E-state index in [4.69, 9.17) is 5.73 Å². The van der Waals surface area contributed by atoms with Crippen LogP contribution in [0.4, 0.5) is 0 Å². The van der Waals surface area contributed by atoms with Gasteiger partial charge in [-0.3, -0.25) is 4.98 Å². The van der Waals surface area contributed by atoms with Crippen LogP contribution in [-0.2, 0) is 6.42 Å². The van der Waals surface area contributed by atoms with Crippen molar-refractivity contribution in [2.45, 2.75) is 38.5 Å². The van der Waals surface area contributed by atoms with Gasteiger partial charge in [0.25, 0.3) is 0 Å². The van der Waals surface area contributed by atoms with Crippen LogP contribution in [0.3, 0.4) is 0 Å². The van der Waals surface area contributed by atoms with Crippen LogP contribution in [0.2, 0.25) is 0 Å². The van der Waals surface area contributed by atoms with Gasteiger partial charge < -0.3 is 10.6 Å². The van der Waals surface area contributed by atoms with Crippen LogP contribution in [0.25, 0.3) is 0 Å². The van der Waals surface area contributed by atoms with Gasteiger partial charge in [0, 0.05) is 25.5 Å². The number of pyridine rings is 1. The van der Waals surface area contributed by atoms with Crippen molar-refractivity contribution >= 4 is 0 Å². The number of nitrogens with two attached hydrogens (primary N) is 1. The summed E-state index contributed by atoms with van der Waals surface area (Å²) >= 11 is 0. The topological polar surface area (TPSA) is 42.2 Å². The molecule has 0 aliphatic heterocycles. The van der Waals surface area contributed by atoms with Crippen LogP contribution in [0.5, 0.6) is 0 Å². The Kier molecular flexibility index (Phi) is 5.34. The maximum atomic E-state index is 6.06. The van der Waals surface area contributed by atoms with E-state index in [1.54, 1.807) is 0 Å². The Bertz CT molecular complexity index is 358. The van der Waals surface area contributed by atoms with Crippen LogP contribution < -0.4 is 5.73 Å². The highest BCUT2D eigenvalue weighted by molar-refractivity contribution is 5.09. The fourth-order valence-corrected chi connectivity index (χ4v) is 3.25. The maximum absolute atomic E-state index is 6.06. The Hall–Kier alpha value is -0.930. The standard InChI is InChI=1S/C16H27N3/c1-19(12-7-15-5-10-18-11-6-15)14-16(13-17)8-3-2-4-9-16/h5-6,10-11H,2-4,7-9,12-14,17H2,1H3. The summed E-state index contributed by atoms with van der Waals surface area (Å²) in [5.41, 5.74) is 7.81. The summed E-state index contributed by atoms with van der Waals surface area (Å²) in [5, 5.41) is 0. The number of hydrogen-bond donors (Lipinski definition) is 1. The Labute approximate surface area is 117 Å². The summed E-state index contributed by atoms with van der Waals surface area (Å²) in [7, 11) is 2.23. The first-order valence-corrected chi connectivity index (χ1v) is 7.52. The summed E-state index contributed by atoms with van der Waals surface area (Å²) in [6.07, 6.45) is 11.6. The number of likely N-dealkylation sites (N-methyl/N-ethyl adjacent to an activating group) is 1. The van der Waals surface area contributed by atoms with Crippen LogP contribution in [-0.4, -0.2) is 36.6 Å². The minimum atomic E-state index is 0.380. The number of rotatable bonds is 6. The van der Waals surface area contributed by atoms with Gasteiger partial charge in [-0.2, -0.15) is 0 Å². The lowest BCUT2D eigenvalue weighted by atomic mass is 9.74. The van der Waals surface area contributed by atoms with Gasteiger partial charge in [0.1, 0.15) is 0 Å². The molecule has 1 saturated carbocycles. The minimum absolute atomic E-state index is 0.380. The zero-order valence-electron chi connectivity index (χ0n) is 12.1. The van der Waals surface area contributed by atoms with Crippen LogP contribution in [0, 0.1) is 5.41 Å². The van der Waals surface area contributed by atoms with Crippen molar-refractivity contribution in [1.82, 2.24) is 9.88 Å². The van der Waals surface area contributed by atoms with Crippen molar-refractivity contribution in [1.29, 1.82) is 0 Å². The van der Waals surface area contributed by atoms with E-state index in [2.05, 4.69) is 29.1 Å². The molecule has 3 nitrogen and oxygen atoms in total. The minimum Gasteiger partial charge on any atom is -0.330 e. The molecule has 1 fully saturated rings. The molecule has 2 rings (SSSR count). The third-order valence-corrected chi connectivity index (χ3v) is 4.48. The third-order valence-electron chi connectivity index (χ3n) is 4.48. The predicted molar refractivity (Wildman–Crippen MR) is 80.0 cm³/mol. The fourth-order valence-electron chi connectivity index (χ4n) is 3.25. The quantitative estimate of drug-likeness (QED) is 0.855. The highest BCUT2D eigenvalue weighted by atomic mass is 15.1. The molecule has 0 unspecified atom stereocenters. The maximum Gasteiger partial charge on any atom is 0.0270 e. The molecule has 1 aromatic heterocycles. The molecular formula is C16H27N3. The molecule has 0 radical (unpaired) electrons. The molecule has 0 atom stereocenters. The average Bonchev–Trinajstić information content (AvgIpc) is 2.47. The van der Waals surface area contributed by atoms with Crippen molar-refractivity contribution in [3.63, 3.8) is 0 Å². The van der Waals surface area contributed by atoms with E-state index in [-0.39, 0.29) is 0 Å². The van der Waals surface area contributed by atoms with Gasteiger partial charge in [0.05, 0.1) is 0 Å². The van der Waals surface area contributed by atoms with Crippen LogP contribution in [0.1, 0.15) is 37.7 Å². The largest absolute Gasteiger partial charge is 0.330 e. The van der Waals surface area contributed by atoms with Crippen molar-refractivity contribution < 1.29 is 0 Å². The van der Waals surface area contributed by atoms with E-state index in [0.717, 1.165) is 26.1 Å². The molecule has 106 valence electrons. The van der Waals surface area contributed by atoms with Crippen LogP contribution >= 0.6 is 0 Å². The zero-order chi connectivity index (χ0) is 13.6. The van der Waals surface area contributed by atoms with E-state index < -0.39 is 0 Å². The Morgan fingerprint density at radius 3 is 2.53 bits per heavy atom. The summed E-state index contributed by atoms with van der Waals surface area (Å²) < 4.78 is 0. The number of aromatic nitrogens is 1. The molecule has 0 aromatic carbocycles. The number of hydrogen-bond acceptors (Lipinski definition) is 3. The van der Waals surface area contributed by atoms with Crippen molar-refractivity contribution in [3.05, 3.63) is 30.1 Å². The lowest BCUT2D eigenvalue weighted by Gasteiger charge is -2.39. The number of nitrogens with zero attached hydrogens (tertiary/aromatic N) is 2. The molecule has 0 amide bonds. The lowest BCUT2D eigenvalue weighted by Crippen LogP contribution is -2.43. The van der Waals surface area contributed by atoms with Crippen LogP contribution in [0.15, 0.2) is 24.5 Å². The molecule has 1 aliphatic rings. The van der Waals surface area contributed by atoms with Gasteiger partial charge in [0.15, 0.2) is 0 Å². The Balaban J connectivity index is 1.81. The van der Waals surface area contributed by atoms with Crippen molar-refractivity contribution in [2.75, 3.05) is 26.7 Å². The van der Waals surface area contributed by atoms with E-state index in [1.165, 1.54) is 37.7 Å². The lowest BCUT2D eigenvalue weighted by molar-refractivity contribution is 0.128. The molecule has 1 aliphatic carbocycles. The molecule has 0 bridgehead atoms. The molecule has 3 heteroatoms. The third kappa shape index (κ3) is 4.29. The summed E-state index contributed by atoms with van der Waals surface area (Å²) in [6.45, 7) is 3.09. The first-order valence-electron chi connectivity index (χ1n) is 7.52. The van der Waals surface area contributed by atoms with Gasteiger partial charge in [-0.15, -0.1) is 0 Å². The molecule has 19 heavy (non-hydrogen) atoms. The second kappa shape index (κ2) is 7.01. The van der Waals surface area contributed by atoms with E-state index in [9.17, 15) is 0 Å². The van der Waals surface area contributed by atoms with Gasteiger partial charge in [-0.05, 0) is 56.0 Å². The highest BCUT2D eigenvalue weighted by Crippen LogP contribution is 2.35. The van der Waals surface area contributed by atoms with E-state index >= 15 is 0 Å². The van der Waals surface area contributed by atoms with Gasteiger partial charge in [0.2, 0.25) is 0 Å². The van der Waals surface area contributed by atoms with E-state index in [0.29, 0.717) is 5.41 Å². The molecular weight excluding hydrogens is 234 g/mol.